The van der Waals surface area contributed by atoms with Crippen molar-refractivity contribution >= 4 is 17.2 Å². The van der Waals surface area contributed by atoms with Gasteiger partial charge in [-0.25, -0.2) is 0 Å². The summed E-state index contributed by atoms with van der Waals surface area (Å²) in [5.41, 5.74) is 1.20. The molecule has 5 nitrogen and oxygen atoms in total. The molecule has 1 N–H and O–H groups in total. The third-order valence-electron chi connectivity index (χ3n) is 2.45. The van der Waals surface area contributed by atoms with Crippen molar-refractivity contribution < 1.29 is 9.72 Å². The van der Waals surface area contributed by atoms with Crippen molar-refractivity contribution in [2.45, 2.75) is 20.8 Å². The fourth-order valence-corrected chi connectivity index (χ4v) is 1.33. The molecule has 0 saturated heterocycles. The van der Waals surface area contributed by atoms with Gasteiger partial charge in [-0.15, -0.1) is 0 Å². The molecule has 5 heteroatoms. The van der Waals surface area contributed by atoms with Crippen molar-refractivity contribution in [3.63, 3.8) is 0 Å². The standard InChI is InChI=1S/C12H16N2O3/c1-8(2)12(15)7-13-10-5-4-9(3)6-11(10)14(16)17/h4-6,8,13H,7H2,1-3H3. The maximum absolute atomic E-state index is 11.4. The Balaban J connectivity index is 2.84. The zero-order valence-corrected chi connectivity index (χ0v) is 10.2. The second kappa shape index (κ2) is 5.43. The smallest absolute Gasteiger partial charge is 0.292 e. The zero-order valence-electron chi connectivity index (χ0n) is 10.2. The number of hydrogen-bond donors (Lipinski definition) is 1. The first kappa shape index (κ1) is 13.2. The summed E-state index contributed by atoms with van der Waals surface area (Å²) >= 11 is 0. The number of carbonyl (C=O) groups is 1. The van der Waals surface area contributed by atoms with Gasteiger partial charge in [0.05, 0.1) is 11.5 Å². The van der Waals surface area contributed by atoms with Crippen LogP contribution in [0.25, 0.3) is 0 Å². The lowest BCUT2D eigenvalue weighted by Gasteiger charge is -2.08. The number of anilines is 1. The van der Waals surface area contributed by atoms with E-state index >= 15 is 0 Å². The molecule has 0 heterocycles. The number of hydrogen-bond acceptors (Lipinski definition) is 4. The number of rotatable bonds is 5. The molecule has 0 spiro atoms. The molecule has 92 valence electrons. The van der Waals surface area contributed by atoms with E-state index in [1.165, 1.54) is 6.07 Å². The minimum Gasteiger partial charge on any atom is -0.372 e. The molecule has 0 radical (unpaired) electrons. The Morgan fingerprint density at radius 2 is 2.12 bits per heavy atom. The van der Waals surface area contributed by atoms with Crippen molar-refractivity contribution in [2.75, 3.05) is 11.9 Å². The maximum atomic E-state index is 11.4. The predicted molar refractivity (Wildman–Crippen MR) is 66.2 cm³/mol. The van der Waals surface area contributed by atoms with Gasteiger partial charge in [-0.2, -0.15) is 0 Å². The lowest BCUT2D eigenvalue weighted by Crippen LogP contribution is -2.19. The molecule has 0 aromatic heterocycles. The predicted octanol–water partition coefficient (Wildman–Crippen LogP) is 2.54. The second-order valence-electron chi connectivity index (χ2n) is 4.25. The largest absolute Gasteiger partial charge is 0.372 e. The van der Waals surface area contributed by atoms with Gasteiger partial charge in [0.1, 0.15) is 5.69 Å². The van der Waals surface area contributed by atoms with Crippen LogP contribution >= 0.6 is 0 Å². The average Bonchev–Trinajstić information content (AvgIpc) is 2.26. The van der Waals surface area contributed by atoms with E-state index in [9.17, 15) is 14.9 Å². The molecular weight excluding hydrogens is 220 g/mol. The van der Waals surface area contributed by atoms with Gasteiger partial charge in [0.15, 0.2) is 5.78 Å². The Bertz CT molecular complexity index is 441. The molecule has 0 atom stereocenters. The van der Waals surface area contributed by atoms with Crippen LogP contribution in [-0.2, 0) is 4.79 Å². The highest BCUT2D eigenvalue weighted by Crippen LogP contribution is 2.25. The Morgan fingerprint density at radius 3 is 2.65 bits per heavy atom. The second-order valence-corrected chi connectivity index (χ2v) is 4.25. The number of nitrogens with one attached hydrogen (secondary N) is 1. The van der Waals surface area contributed by atoms with Gasteiger partial charge < -0.3 is 5.32 Å². The van der Waals surface area contributed by atoms with E-state index < -0.39 is 4.92 Å². The monoisotopic (exact) mass is 236 g/mol. The minimum absolute atomic E-state index is 0.00144. The number of ketones is 1. The van der Waals surface area contributed by atoms with Crippen molar-refractivity contribution in [1.82, 2.24) is 0 Å². The van der Waals surface area contributed by atoms with Gasteiger partial charge in [-0.3, -0.25) is 14.9 Å². The first-order chi connectivity index (χ1) is 7.91. The summed E-state index contributed by atoms with van der Waals surface area (Å²) < 4.78 is 0. The number of carbonyl (C=O) groups excluding carboxylic acids is 1. The molecule has 0 bridgehead atoms. The molecule has 0 aliphatic carbocycles. The molecule has 17 heavy (non-hydrogen) atoms. The van der Waals surface area contributed by atoms with Crippen LogP contribution in [0.15, 0.2) is 18.2 Å². The highest BCUT2D eigenvalue weighted by atomic mass is 16.6. The summed E-state index contributed by atoms with van der Waals surface area (Å²) in [7, 11) is 0. The van der Waals surface area contributed by atoms with Crippen LogP contribution in [-0.4, -0.2) is 17.3 Å². The van der Waals surface area contributed by atoms with Gasteiger partial charge in [-0.1, -0.05) is 19.9 Å². The molecule has 0 aliphatic heterocycles. The molecule has 0 amide bonds. The van der Waals surface area contributed by atoms with Gasteiger partial charge >= 0.3 is 0 Å². The molecule has 0 saturated carbocycles. The topological polar surface area (TPSA) is 72.2 Å². The number of Topliss-reactive ketones (excluding diaryl/α,β-unsaturated/α-hetero) is 1. The Morgan fingerprint density at radius 1 is 1.47 bits per heavy atom. The van der Waals surface area contributed by atoms with Crippen LogP contribution in [0.4, 0.5) is 11.4 Å². The summed E-state index contributed by atoms with van der Waals surface area (Å²) in [6, 6.07) is 4.89. The van der Waals surface area contributed by atoms with E-state index in [1.54, 1.807) is 32.9 Å². The van der Waals surface area contributed by atoms with E-state index in [1.807, 2.05) is 0 Å². The Labute approximate surface area is 100.0 Å². The summed E-state index contributed by atoms with van der Waals surface area (Å²) in [6.45, 7) is 5.50. The normalized spacial score (nSPS) is 10.4. The Kier molecular flexibility index (Phi) is 4.20. The van der Waals surface area contributed by atoms with Gasteiger partial charge in [0.2, 0.25) is 0 Å². The van der Waals surface area contributed by atoms with Gasteiger partial charge in [0, 0.05) is 12.0 Å². The quantitative estimate of drug-likeness (QED) is 0.629. The number of nitrogens with zero attached hydrogens (tertiary/aromatic N) is 1. The number of nitro benzene ring substituents is 1. The minimum atomic E-state index is -0.449. The molecule has 1 rings (SSSR count). The van der Waals surface area contributed by atoms with E-state index in [-0.39, 0.29) is 23.9 Å². The van der Waals surface area contributed by atoms with Crippen molar-refractivity contribution in [3.05, 3.63) is 33.9 Å². The number of nitro groups is 1. The van der Waals surface area contributed by atoms with E-state index in [2.05, 4.69) is 5.32 Å². The zero-order chi connectivity index (χ0) is 13.0. The molecule has 1 aromatic carbocycles. The van der Waals surface area contributed by atoms with E-state index in [0.717, 1.165) is 5.56 Å². The number of aryl methyl sites for hydroxylation is 1. The molecular formula is C12H16N2O3. The van der Waals surface area contributed by atoms with Crippen LogP contribution < -0.4 is 5.32 Å². The maximum Gasteiger partial charge on any atom is 0.292 e. The summed E-state index contributed by atoms with van der Waals surface area (Å²) in [6.07, 6.45) is 0. The molecule has 0 unspecified atom stereocenters. The lowest BCUT2D eigenvalue weighted by atomic mass is 10.1. The van der Waals surface area contributed by atoms with Crippen LogP contribution in [0.1, 0.15) is 19.4 Å². The van der Waals surface area contributed by atoms with E-state index in [0.29, 0.717) is 5.69 Å². The highest BCUT2D eigenvalue weighted by molar-refractivity contribution is 5.85. The van der Waals surface area contributed by atoms with Gasteiger partial charge in [0.25, 0.3) is 5.69 Å². The van der Waals surface area contributed by atoms with Crippen LogP contribution in [0.3, 0.4) is 0 Å². The van der Waals surface area contributed by atoms with Crippen LogP contribution in [0, 0.1) is 23.0 Å². The van der Waals surface area contributed by atoms with Crippen molar-refractivity contribution in [2.24, 2.45) is 5.92 Å². The summed E-state index contributed by atoms with van der Waals surface area (Å²) in [4.78, 5) is 21.8. The summed E-state index contributed by atoms with van der Waals surface area (Å²) in [5, 5.41) is 13.6. The SMILES string of the molecule is Cc1ccc(NCC(=O)C(C)C)c([N+](=O)[O-])c1. The average molecular weight is 236 g/mol. The van der Waals surface area contributed by atoms with Gasteiger partial charge in [-0.05, 0) is 18.6 Å². The fraction of sp³-hybridized carbons (Fsp3) is 0.417. The fourth-order valence-electron chi connectivity index (χ4n) is 1.33. The Hall–Kier alpha value is -1.91. The van der Waals surface area contributed by atoms with Crippen molar-refractivity contribution in [1.29, 1.82) is 0 Å². The number of benzene rings is 1. The van der Waals surface area contributed by atoms with Crippen molar-refractivity contribution in [3.8, 4) is 0 Å². The lowest BCUT2D eigenvalue weighted by molar-refractivity contribution is -0.384. The third kappa shape index (κ3) is 3.55. The van der Waals surface area contributed by atoms with E-state index in [4.69, 9.17) is 0 Å². The first-order valence-corrected chi connectivity index (χ1v) is 5.43. The highest BCUT2D eigenvalue weighted by Gasteiger charge is 2.15. The van der Waals surface area contributed by atoms with Crippen LogP contribution in [0.2, 0.25) is 0 Å². The molecule has 0 aliphatic rings. The first-order valence-electron chi connectivity index (χ1n) is 5.43. The molecule has 0 fully saturated rings. The third-order valence-corrected chi connectivity index (χ3v) is 2.45. The van der Waals surface area contributed by atoms with Crippen LogP contribution in [0.5, 0.6) is 0 Å². The molecule has 1 aromatic rings. The summed E-state index contributed by atoms with van der Waals surface area (Å²) in [5.74, 6) is -0.0492.